The van der Waals surface area contributed by atoms with E-state index in [1.54, 1.807) is 17.0 Å². The van der Waals surface area contributed by atoms with Crippen LogP contribution in [0.1, 0.15) is 12.8 Å². The van der Waals surface area contributed by atoms with Crippen LogP contribution < -0.4 is 21.3 Å². The van der Waals surface area contributed by atoms with Gasteiger partial charge < -0.3 is 21.1 Å². The highest BCUT2D eigenvalue weighted by Crippen LogP contribution is 2.23. The number of nitrogens with two attached hydrogens (primary N) is 1. The van der Waals surface area contributed by atoms with Gasteiger partial charge in [0.25, 0.3) is 5.91 Å². The normalized spacial score (nSPS) is 24.4. The predicted octanol–water partition coefficient (Wildman–Crippen LogP) is 0.661. The van der Waals surface area contributed by atoms with Gasteiger partial charge in [0.15, 0.2) is 0 Å². The van der Waals surface area contributed by atoms with E-state index in [9.17, 15) is 9.59 Å². The topological polar surface area (TPSA) is 96.7 Å². The summed E-state index contributed by atoms with van der Waals surface area (Å²) in [6.07, 6.45) is 1.01. The first-order valence-electron chi connectivity index (χ1n) is 7.49. The standard InChI is InChI=1S/C15H20N4O3/c16-9-12-4-5-13(22-12)14(20)18-10-2-1-3-11(8-10)19-7-6-17-15(19)21/h1-3,8,12-13H,4-7,9,16H2,(H,17,21)(H,18,20)/t12-,13+/m1/s1. The highest BCUT2D eigenvalue weighted by molar-refractivity contribution is 5.97. The number of anilines is 2. The highest BCUT2D eigenvalue weighted by atomic mass is 16.5. The zero-order valence-corrected chi connectivity index (χ0v) is 12.2. The van der Waals surface area contributed by atoms with Crippen LogP contribution in [0.15, 0.2) is 24.3 Å². The maximum absolute atomic E-state index is 12.2. The predicted molar refractivity (Wildman–Crippen MR) is 82.8 cm³/mol. The lowest BCUT2D eigenvalue weighted by Crippen LogP contribution is -2.30. The summed E-state index contributed by atoms with van der Waals surface area (Å²) in [6.45, 7) is 1.69. The summed E-state index contributed by atoms with van der Waals surface area (Å²) in [5, 5.41) is 5.60. The third kappa shape index (κ3) is 3.05. The molecule has 2 heterocycles. The van der Waals surface area contributed by atoms with E-state index in [2.05, 4.69) is 10.6 Å². The average Bonchev–Trinajstić information content (AvgIpc) is 3.16. The fourth-order valence-corrected chi connectivity index (χ4v) is 2.76. The van der Waals surface area contributed by atoms with Crippen LogP contribution in [-0.4, -0.2) is 43.8 Å². The molecule has 0 radical (unpaired) electrons. The van der Waals surface area contributed by atoms with Gasteiger partial charge in [-0.3, -0.25) is 9.69 Å². The minimum absolute atomic E-state index is 0.0321. The zero-order valence-electron chi connectivity index (χ0n) is 12.2. The molecule has 2 fully saturated rings. The Morgan fingerprint density at radius 3 is 3.00 bits per heavy atom. The number of nitrogens with zero attached hydrogens (tertiary/aromatic N) is 1. The van der Waals surface area contributed by atoms with Gasteiger partial charge in [-0.2, -0.15) is 0 Å². The smallest absolute Gasteiger partial charge is 0.321 e. The molecule has 0 spiro atoms. The Labute approximate surface area is 128 Å². The Morgan fingerprint density at radius 1 is 1.45 bits per heavy atom. The average molecular weight is 304 g/mol. The van der Waals surface area contributed by atoms with E-state index < -0.39 is 6.10 Å². The molecular weight excluding hydrogens is 284 g/mol. The van der Waals surface area contributed by atoms with Crippen molar-refractivity contribution in [3.05, 3.63) is 24.3 Å². The molecule has 2 aliphatic rings. The molecule has 2 saturated heterocycles. The van der Waals surface area contributed by atoms with Gasteiger partial charge in [0.1, 0.15) is 6.10 Å². The van der Waals surface area contributed by atoms with E-state index >= 15 is 0 Å². The number of carbonyl (C=O) groups excluding carboxylic acids is 2. The van der Waals surface area contributed by atoms with Crippen LogP contribution in [0.3, 0.4) is 0 Å². The molecule has 1 aromatic carbocycles. The van der Waals surface area contributed by atoms with E-state index in [4.69, 9.17) is 10.5 Å². The van der Waals surface area contributed by atoms with Crippen LogP contribution in [0.25, 0.3) is 0 Å². The van der Waals surface area contributed by atoms with Crippen molar-refractivity contribution in [1.29, 1.82) is 0 Å². The van der Waals surface area contributed by atoms with Crippen molar-refractivity contribution in [1.82, 2.24) is 5.32 Å². The lowest BCUT2D eigenvalue weighted by Gasteiger charge is -2.16. The second-order valence-corrected chi connectivity index (χ2v) is 5.48. The number of ether oxygens (including phenoxy) is 1. The van der Waals surface area contributed by atoms with Crippen molar-refractivity contribution in [2.24, 2.45) is 5.73 Å². The highest BCUT2D eigenvalue weighted by Gasteiger charge is 2.30. The number of urea groups is 1. The molecule has 0 bridgehead atoms. The summed E-state index contributed by atoms with van der Waals surface area (Å²) in [4.78, 5) is 25.5. The van der Waals surface area contributed by atoms with Gasteiger partial charge in [-0.25, -0.2) is 4.79 Å². The molecule has 3 amide bonds. The minimum atomic E-state index is -0.452. The summed E-state index contributed by atoms with van der Waals surface area (Å²) in [5.74, 6) is -0.168. The van der Waals surface area contributed by atoms with Crippen molar-refractivity contribution in [3.63, 3.8) is 0 Å². The number of carbonyl (C=O) groups is 2. The van der Waals surface area contributed by atoms with E-state index in [0.29, 0.717) is 31.7 Å². The molecule has 118 valence electrons. The Kier molecular flexibility index (Phi) is 4.26. The van der Waals surface area contributed by atoms with Crippen molar-refractivity contribution in [2.45, 2.75) is 25.0 Å². The molecule has 22 heavy (non-hydrogen) atoms. The maximum Gasteiger partial charge on any atom is 0.321 e. The molecular formula is C15H20N4O3. The molecule has 3 rings (SSSR count). The summed E-state index contributed by atoms with van der Waals surface area (Å²) < 4.78 is 5.58. The fraction of sp³-hybridized carbons (Fsp3) is 0.467. The Bertz CT molecular complexity index is 578. The second-order valence-electron chi connectivity index (χ2n) is 5.48. The lowest BCUT2D eigenvalue weighted by molar-refractivity contribution is -0.126. The number of hydrogen-bond donors (Lipinski definition) is 3. The number of hydrogen-bond acceptors (Lipinski definition) is 4. The molecule has 4 N–H and O–H groups in total. The zero-order chi connectivity index (χ0) is 15.5. The van der Waals surface area contributed by atoms with Crippen LogP contribution in [0, 0.1) is 0 Å². The number of amides is 3. The fourth-order valence-electron chi connectivity index (χ4n) is 2.76. The van der Waals surface area contributed by atoms with Crippen molar-refractivity contribution in [2.75, 3.05) is 29.9 Å². The summed E-state index contributed by atoms with van der Waals surface area (Å²) >= 11 is 0. The first kappa shape index (κ1) is 14.8. The van der Waals surface area contributed by atoms with Crippen LogP contribution in [0.5, 0.6) is 0 Å². The first-order valence-corrected chi connectivity index (χ1v) is 7.49. The van der Waals surface area contributed by atoms with Gasteiger partial charge in [0.05, 0.1) is 6.10 Å². The molecule has 7 heteroatoms. The second kappa shape index (κ2) is 6.33. The largest absolute Gasteiger partial charge is 0.364 e. The minimum Gasteiger partial charge on any atom is -0.364 e. The summed E-state index contributed by atoms with van der Waals surface area (Å²) in [6, 6.07) is 7.13. The molecule has 0 aliphatic carbocycles. The van der Waals surface area contributed by atoms with Crippen molar-refractivity contribution >= 4 is 23.3 Å². The molecule has 2 aliphatic heterocycles. The molecule has 1 aromatic rings. The van der Waals surface area contributed by atoms with Crippen LogP contribution in [-0.2, 0) is 9.53 Å². The van der Waals surface area contributed by atoms with E-state index in [1.165, 1.54) is 0 Å². The molecule has 7 nitrogen and oxygen atoms in total. The first-order chi connectivity index (χ1) is 10.7. The van der Waals surface area contributed by atoms with E-state index in [1.807, 2.05) is 12.1 Å². The van der Waals surface area contributed by atoms with Gasteiger partial charge in [-0.1, -0.05) is 6.07 Å². The third-order valence-corrected chi connectivity index (χ3v) is 3.95. The van der Waals surface area contributed by atoms with Gasteiger partial charge in [-0.05, 0) is 31.0 Å². The Hall–Kier alpha value is -2.12. The van der Waals surface area contributed by atoms with Crippen LogP contribution >= 0.6 is 0 Å². The van der Waals surface area contributed by atoms with Crippen molar-refractivity contribution < 1.29 is 14.3 Å². The monoisotopic (exact) mass is 304 g/mol. The van der Waals surface area contributed by atoms with Gasteiger partial charge in [0.2, 0.25) is 0 Å². The lowest BCUT2D eigenvalue weighted by atomic mass is 10.2. The van der Waals surface area contributed by atoms with Crippen molar-refractivity contribution in [3.8, 4) is 0 Å². The van der Waals surface area contributed by atoms with Crippen LogP contribution in [0.2, 0.25) is 0 Å². The van der Waals surface area contributed by atoms with Gasteiger partial charge >= 0.3 is 6.03 Å². The number of nitrogens with one attached hydrogen (secondary N) is 2. The number of benzene rings is 1. The third-order valence-electron chi connectivity index (χ3n) is 3.95. The molecule has 0 aromatic heterocycles. The van der Waals surface area contributed by atoms with Gasteiger partial charge in [-0.15, -0.1) is 0 Å². The molecule has 0 unspecified atom stereocenters. The maximum atomic E-state index is 12.2. The summed E-state index contributed by atoms with van der Waals surface area (Å²) in [5.41, 5.74) is 6.97. The SMILES string of the molecule is NC[C@H]1CC[C@@H](C(=O)Nc2cccc(N3CCNC3=O)c2)O1. The van der Waals surface area contributed by atoms with E-state index in [0.717, 1.165) is 12.1 Å². The van der Waals surface area contributed by atoms with Crippen LogP contribution in [0.4, 0.5) is 16.2 Å². The Morgan fingerprint density at radius 2 is 2.32 bits per heavy atom. The quantitative estimate of drug-likeness (QED) is 0.761. The van der Waals surface area contributed by atoms with Gasteiger partial charge in [0, 0.05) is 31.0 Å². The van der Waals surface area contributed by atoms with E-state index in [-0.39, 0.29) is 18.0 Å². The molecule has 2 atom stereocenters. The Balaban J connectivity index is 1.65. The molecule has 0 saturated carbocycles. The number of rotatable bonds is 4. The summed E-state index contributed by atoms with van der Waals surface area (Å²) in [7, 11) is 0.